The molecule has 1 amide bonds. The van der Waals surface area contributed by atoms with Gasteiger partial charge in [0, 0.05) is 42.8 Å². The van der Waals surface area contributed by atoms with E-state index in [1.807, 2.05) is 35.0 Å². The molecule has 0 aliphatic rings. The van der Waals surface area contributed by atoms with Crippen molar-refractivity contribution < 1.29 is 9.72 Å². The molecular formula is C22H22N4O3. The number of aromatic nitrogens is 2. The summed E-state index contributed by atoms with van der Waals surface area (Å²) in [4.78, 5) is 26.2. The number of amides is 1. The van der Waals surface area contributed by atoms with Gasteiger partial charge < -0.3 is 9.88 Å². The molecule has 1 aromatic heterocycles. The number of carbonyl (C=O) groups excluding carboxylic acids is 1. The Morgan fingerprint density at radius 2 is 1.86 bits per heavy atom. The Morgan fingerprint density at radius 1 is 1.10 bits per heavy atom. The molecule has 0 fully saturated rings. The van der Waals surface area contributed by atoms with Crippen molar-refractivity contribution in [2.75, 3.05) is 6.54 Å². The second-order valence-corrected chi connectivity index (χ2v) is 6.57. The van der Waals surface area contributed by atoms with Gasteiger partial charge in [-0.3, -0.25) is 14.9 Å². The van der Waals surface area contributed by atoms with E-state index < -0.39 is 4.92 Å². The fraction of sp³-hybridized carbons (Fsp3) is 0.182. The molecule has 3 rings (SSSR count). The molecule has 0 radical (unpaired) electrons. The molecular weight excluding hydrogens is 368 g/mol. The van der Waals surface area contributed by atoms with E-state index >= 15 is 0 Å². The van der Waals surface area contributed by atoms with Crippen molar-refractivity contribution in [3.05, 3.63) is 94.6 Å². The summed E-state index contributed by atoms with van der Waals surface area (Å²) >= 11 is 0. The lowest BCUT2D eigenvalue weighted by atomic mass is 10.1. The number of unbranched alkanes of at least 4 members (excludes halogenated alkanes) is 1. The van der Waals surface area contributed by atoms with Crippen LogP contribution in [0.2, 0.25) is 0 Å². The van der Waals surface area contributed by atoms with Crippen molar-refractivity contribution in [2.45, 2.75) is 19.3 Å². The van der Waals surface area contributed by atoms with Crippen molar-refractivity contribution in [3.63, 3.8) is 0 Å². The zero-order valence-corrected chi connectivity index (χ0v) is 15.9. The fourth-order valence-corrected chi connectivity index (χ4v) is 2.85. The highest BCUT2D eigenvalue weighted by Gasteiger charge is 2.03. The van der Waals surface area contributed by atoms with Crippen molar-refractivity contribution >= 4 is 17.7 Å². The second-order valence-electron chi connectivity index (χ2n) is 6.57. The van der Waals surface area contributed by atoms with Gasteiger partial charge in [0.25, 0.3) is 5.69 Å². The first-order chi connectivity index (χ1) is 14.1. The molecule has 0 aliphatic heterocycles. The molecule has 2 aromatic carbocycles. The number of aryl methyl sites for hydroxylation is 1. The lowest BCUT2D eigenvalue weighted by molar-refractivity contribution is -0.384. The number of nitro groups is 1. The number of imidazole rings is 1. The minimum absolute atomic E-state index is 0.101. The van der Waals surface area contributed by atoms with Crippen LogP contribution >= 0.6 is 0 Å². The predicted octanol–water partition coefficient (Wildman–Crippen LogP) is 3.93. The molecule has 0 spiro atoms. The minimum Gasteiger partial charge on any atom is -0.353 e. The zero-order valence-electron chi connectivity index (χ0n) is 15.9. The van der Waals surface area contributed by atoms with Gasteiger partial charge in [0.15, 0.2) is 0 Å². The monoisotopic (exact) mass is 390 g/mol. The molecule has 7 nitrogen and oxygen atoms in total. The van der Waals surface area contributed by atoms with Gasteiger partial charge in [-0.2, -0.15) is 0 Å². The summed E-state index contributed by atoms with van der Waals surface area (Å²) in [6, 6.07) is 14.4. The molecule has 0 bridgehead atoms. The van der Waals surface area contributed by atoms with Crippen molar-refractivity contribution in [1.82, 2.24) is 14.9 Å². The van der Waals surface area contributed by atoms with E-state index in [-0.39, 0.29) is 11.6 Å². The van der Waals surface area contributed by atoms with E-state index in [4.69, 9.17) is 0 Å². The number of nitrogens with zero attached hydrogens (tertiary/aromatic N) is 3. The molecule has 3 aromatic rings. The van der Waals surface area contributed by atoms with E-state index in [1.54, 1.807) is 30.7 Å². The third kappa shape index (κ3) is 6.14. The molecule has 29 heavy (non-hydrogen) atoms. The summed E-state index contributed by atoms with van der Waals surface area (Å²) in [7, 11) is 0. The zero-order chi connectivity index (χ0) is 20.5. The topological polar surface area (TPSA) is 90.1 Å². The van der Waals surface area contributed by atoms with Gasteiger partial charge in [-0.1, -0.05) is 24.3 Å². The van der Waals surface area contributed by atoms with Gasteiger partial charge in [0.2, 0.25) is 5.91 Å². The summed E-state index contributed by atoms with van der Waals surface area (Å²) in [5.74, 6) is -0.126. The number of rotatable bonds is 9. The molecule has 1 N–H and O–H groups in total. The van der Waals surface area contributed by atoms with Gasteiger partial charge in [0.1, 0.15) is 0 Å². The summed E-state index contributed by atoms with van der Waals surface area (Å²) < 4.78 is 1.91. The van der Waals surface area contributed by atoms with E-state index in [2.05, 4.69) is 10.3 Å². The molecule has 0 unspecified atom stereocenters. The van der Waals surface area contributed by atoms with Crippen LogP contribution < -0.4 is 5.32 Å². The average molecular weight is 390 g/mol. The van der Waals surface area contributed by atoms with Crippen LogP contribution in [0.25, 0.3) is 11.8 Å². The van der Waals surface area contributed by atoms with Crippen LogP contribution in [0.4, 0.5) is 5.69 Å². The first-order valence-corrected chi connectivity index (χ1v) is 9.39. The Hall–Kier alpha value is -3.74. The lowest BCUT2D eigenvalue weighted by Crippen LogP contribution is -2.22. The molecule has 1 heterocycles. The normalized spacial score (nSPS) is 10.9. The maximum absolute atomic E-state index is 11.9. The van der Waals surface area contributed by atoms with Gasteiger partial charge in [0.05, 0.1) is 11.3 Å². The highest BCUT2D eigenvalue weighted by molar-refractivity contribution is 5.91. The Labute approximate surface area is 168 Å². The Morgan fingerprint density at radius 3 is 2.52 bits per heavy atom. The SMILES string of the molecule is O=C(/C=C/c1ccc(-n2ccnc2)cc1)NCCCCc1ccc([N+](=O)[O-])cc1. The largest absolute Gasteiger partial charge is 0.353 e. The second kappa shape index (κ2) is 9.98. The molecule has 7 heteroatoms. The average Bonchev–Trinajstić information content (AvgIpc) is 3.27. The number of carbonyl (C=O) groups is 1. The third-order valence-electron chi connectivity index (χ3n) is 4.46. The van der Waals surface area contributed by atoms with Crippen LogP contribution in [0.15, 0.2) is 73.3 Å². The number of hydrogen-bond donors (Lipinski definition) is 1. The van der Waals surface area contributed by atoms with Gasteiger partial charge in [-0.15, -0.1) is 0 Å². The Bertz CT molecular complexity index is 962. The minimum atomic E-state index is -0.402. The van der Waals surface area contributed by atoms with E-state index in [1.165, 1.54) is 18.2 Å². The quantitative estimate of drug-likeness (QED) is 0.259. The summed E-state index contributed by atoms with van der Waals surface area (Å²) in [6.07, 6.45) is 11.2. The van der Waals surface area contributed by atoms with Crippen LogP contribution in [0.1, 0.15) is 24.0 Å². The highest BCUT2D eigenvalue weighted by atomic mass is 16.6. The highest BCUT2D eigenvalue weighted by Crippen LogP contribution is 2.13. The molecule has 0 atom stereocenters. The summed E-state index contributed by atoms with van der Waals surface area (Å²) in [5, 5.41) is 13.5. The van der Waals surface area contributed by atoms with E-state index in [0.717, 1.165) is 36.1 Å². The third-order valence-corrected chi connectivity index (χ3v) is 4.46. The number of non-ortho nitro benzene ring substituents is 1. The maximum atomic E-state index is 11.9. The fourth-order valence-electron chi connectivity index (χ4n) is 2.85. The van der Waals surface area contributed by atoms with E-state index in [9.17, 15) is 14.9 Å². The number of hydrogen-bond acceptors (Lipinski definition) is 4. The van der Waals surface area contributed by atoms with Crippen LogP contribution in [0.5, 0.6) is 0 Å². The van der Waals surface area contributed by atoms with Crippen molar-refractivity contribution in [1.29, 1.82) is 0 Å². The van der Waals surface area contributed by atoms with Gasteiger partial charge >= 0.3 is 0 Å². The maximum Gasteiger partial charge on any atom is 0.269 e. The number of nitro benzene ring substituents is 1. The number of benzene rings is 2. The van der Waals surface area contributed by atoms with E-state index in [0.29, 0.717) is 6.54 Å². The molecule has 0 saturated heterocycles. The van der Waals surface area contributed by atoms with Crippen molar-refractivity contribution in [3.8, 4) is 5.69 Å². The first-order valence-electron chi connectivity index (χ1n) is 9.39. The summed E-state index contributed by atoms with van der Waals surface area (Å²) in [5.41, 5.74) is 3.12. The Balaban J connectivity index is 1.36. The molecule has 0 aliphatic carbocycles. The van der Waals surface area contributed by atoms with Crippen LogP contribution in [-0.2, 0) is 11.2 Å². The molecule has 148 valence electrons. The smallest absolute Gasteiger partial charge is 0.269 e. The van der Waals surface area contributed by atoms with Crippen LogP contribution in [0, 0.1) is 10.1 Å². The van der Waals surface area contributed by atoms with Gasteiger partial charge in [-0.25, -0.2) is 4.98 Å². The summed E-state index contributed by atoms with van der Waals surface area (Å²) in [6.45, 7) is 0.593. The van der Waals surface area contributed by atoms with Gasteiger partial charge in [-0.05, 0) is 48.6 Å². The van der Waals surface area contributed by atoms with Crippen molar-refractivity contribution in [2.24, 2.45) is 0 Å². The van der Waals surface area contributed by atoms with Crippen LogP contribution in [-0.4, -0.2) is 26.9 Å². The standard InChI is InChI=1S/C22H22N4O3/c27-22(13-8-19-4-9-20(10-5-19)25-16-15-23-17-25)24-14-2-1-3-18-6-11-21(12-7-18)26(28)29/h4-13,15-17H,1-3,14H2,(H,24,27)/b13-8+. The lowest BCUT2D eigenvalue weighted by Gasteiger charge is -2.04. The molecule has 0 saturated carbocycles. The van der Waals surface area contributed by atoms with Crippen LogP contribution in [0.3, 0.4) is 0 Å². The predicted molar refractivity (Wildman–Crippen MR) is 112 cm³/mol. The number of nitrogens with one attached hydrogen (secondary N) is 1. The first kappa shape index (κ1) is 20.0. The Kier molecular flexibility index (Phi) is 6.89.